The maximum atomic E-state index is 13.0. The molecule has 4 saturated carbocycles. The quantitative estimate of drug-likeness (QED) is 0.0726. The summed E-state index contributed by atoms with van der Waals surface area (Å²) in [4.78, 5) is 38.4. The van der Waals surface area contributed by atoms with Gasteiger partial charge in [0.15, 0.2) is 18.5 Å². The van der Waals surface area contributed by atoms with Gasteiger partial charge in [-0.3, -0.25) is 4.79 Å². The third kappa shape index (κ3) is 7.17. The summed E-state index contributed by atoms with van der Waals surface area (Å²) >= 11 is 0. The Labute approximate surface area is 351 Å². The smallest absolute Gasteiger partial charge is 0.333 e. The number of allylic oxidation sites excluding steroid dienone is 4. The third-order valence-electron chi connectivity index (χ3n) is 17.3. The van der Waals surface area contributed by atoms with E-state index < -0.39 is 77.1 Å². The van der Waals surface area contributed by atoms with Gasteiger partial charge in [-0.05, 0) is 117 Å². The van der Waals surface area contributed by atoms with Crippen LogP contribution in [-0.2, 0) is 38.1 Å². The van der Waals surface area contributed by atoms with E-state index in [1.165, 1.54) is 12.5 Å². The van der Waals surface area contributed by atoms with Gasteiger partial charge in [-0.15, -0.1) is 0 Å². The Morgan fingerprint density at radius 1 is 0.831 bits per heavy atom. The number of rotatable bonds is 8. The van der Waals surface area contributed by atoms with Gasteiger partial charge in [0.1, 0.15) is 12.7 Å². The molecule has 6 aliphatic rings. The second kappa shape index (κ2) is 15.9. The molecule has 12 heteroatoms. The first-order valence-electron chi connectivity index (χ1n) is 21.9. The van der Waals surface area contributed by atoms with Crippen LogP contribution in [0.15, 0.2) is 34.9 Å². The molecule has 15 atom stereocenters. The Hall–Kier alpha value is -2.61. The molecule has 0 amide bonds. The first kappa shape index (κ1) is 45.9. The van der Waals surface area contributed by atoms with Gasteiger partial charge in [-0.25, -0.2) is 9.59 Å². The zero-order valence-electron chi connectivity index (χ0n) is 37.5. The molecule has 0 radical (unpaired) electrons. The lowest BCUT2D eigenvalue weighted by Crippen LogP contribution is -2.72. The standard InChI is InChI=1S/C47H72O12/c1-13-25(3)39(53)57-30-23-55-41(35(51)36(30)58-40(54)26(4)14-2)59-38-37(52)47(24-56-27(5)48)29(21-42(38,6)7)28-15-16-32-44(10)19-18-33(49)43(8,9)31(44)17-20-45(32,11)46(28,12)22-34(47)50/h13-15,29-38,41,49-52H,16-24H2,1-12H3/b25-13-,26-14-/t29-,30-,31-,32+,33+,34+,35+,36+,37-,38-,41-,44-,45+,46+,47-/m0/s1. The number of fused-ring (bicyclic) bond motifs is 7. The fraction of sp³-hybridized carbons (Fsp3) is 0.809. The van der Waals surface area contributed by atoms with E-state index in [1.54, 1.807) is 39.8 Å². The molecule has 1 saturated heterocycles. The van der Waals surface area contributed by atoms with Crippen LogP contribution in [0.4, 0.5) is 0 Å². The number of hydrogen-bond acceptors (Lipinski definition) is 12. The molecule has 0 aromatic rings. The Morgan fingerprint density at radius 3 is 2.07 bits per heavy atom. The van der Waals surface area contributed by atoms with Gasteiger partial charge >= 0.3 is 17.9 Å². The average Bonchev–Trinajstić information content (AvgIpc) is 3.16. The largest absolute Gasteiger partial charge is 0.465 e. The van der Waals surface area contributed by atoms with Gasteiger partial charge in [-0.2, -0.15) is 0 Å². The highest BCUT2D eigenvalue weighted by Crippen LogP contribution is 2.76. The van der Waals surface area contributed by atoms with E-state index in [0.29, 0.717) is 30.3 Å². The first-order chi connectivity index (χ1) is 27.4. The van der Waals surface area contributed by atoms with Crippen LogP contribution in [0.3, 0.4) is 0 Å². The number of hydrogen-bond donors (Lipinski definition) is 4. The molecule has 1 heterocycles. The second-order valence-electron chi connectivity index (χ2n) is 21.0. The van der Waals surface area contributed by atoms with Crippen LogP contribution in [0, 0.1) is 50.2 Å². The molecule has 4 N–H and O–H groups in total. The van der Waals surface area contributed by atoms with Crippen LogP contribution in [0.5, 0.6) is 0 Å². The van der Waals surface area contributed by atoms with Crippen molar-refractivity contribution in [3.8, 4) is 0 Å². The fourth-order valence-corrected chi connectivity index (χ4v) is 13.3. The van der Waals surface area contributed by atoms with E-state index in [0.717, 1.165) is 32.1 Å². The lowest BCUT2D eigenvalue weighted by molar-refractivity contribution is -0.329. The van der Waals surface area contributed by atoms with Crippen molar-refractivity contribution in [2.75, 3.05) is 13.2 Å². The molecule has 332 valence electrons. The van der Waals surface area contributed by atoms with Crippen molar-refractivity contribution in [1.29, 1.82) is 0 Å². The van der Waals surface area contributed by atoms with Crippen LogP contribution in [0.2, 0.25) is 0 Å². The van der Waals surface area contributed by atoms with Crippen LogP contribution in [0.1, 0.15) is 128 Å². The SMILES string of the molecule is C/C=C(/C)C(=O)O[C@H]1[C@@H](O)[C@H](O[C@H]2[C@H](O)[C@]3(COC(C)=O)[C@H](O)C[C@]4(C)C(=CC[C@@H]5[C@@]6(C)CC[C@@H](O)C(C)(C)[C@@H]6CC[C@]54C)[C@@H]3CC2(C)C)OC[C@@H]1OC(=O)/C(C)=C\C. The zero-order chi connectivity index (χ0) is 43.8. The molecule has 59 heavy (non-hydrogen) atoms. The molecule has 1 aliphatic heterocycles. The minimum absolute atomic E-state index is 0.0102. The maximum absolute atomic E-state index is 13.0. The second-order valence-corrected chi connectivity index (χ2v) is 21.0. The maximum Gasteiger partial charge on any atom is 0.333 e. The van der Waals surface area contributed by atoms with Crippen molar-refractivity contribution < 1.29 is 58.5 Å². The van der Waals surface area contributed by atoms with E-state index in [-0.39, 0.29) is 47.1 Å². The normalized spacial score (nSPS) is 45.4. The number of esters is 3. The highest BCUT2D eigenvalue weighted by atomic mass is 16.7. The summed E-state index contributed by atoms with van der Waals surface area (Å²) in [6.45, 7) is 22.9. The summed E-state index contributed by atoms with van der Waals surface area (Å²) < 4.78 is 29.9. The number of aliphatic hydroxyl groups is 4. The van der Waals surface area contributed by atoms with Crippen LogP contribution in [0.25, 0.3) is 0 Å². The molecule has 6 rings (SSSR count). The van der Waals surface area contributed by atoms with Gasteiger partial charge < -0.3 is 44.1 Å². The fourth-order valence-electron chi connectivity index (χ4n) is 13.3. The first-order valence-corrected chi connectivity index (χ1v) is 21.9. The average molecular weight is 829 g/mol. The van der Waals surface area contributed by atoms with Gasteiger partial charge in [0, 0.05) is 18.1 Å². The van der Waals surface area contributed by atoms with Gasteiger partial charge in [0.05, 0.1) is 36.4 Å². The number of ether oxygens (including phenoxy) is 5. The monoisotopic (exact) mass is 829 g/mol. The summed E-state index contributed by atoms with van der Waals surface area (Å²) in [6.07, 6.45) is 1.30. The lowest BCUT2D eigenvalue weighted by atomic mass is 9.33. The van der Waals surface area contributed by atoms with Crippen LogP contribution >= 0.6 is 0 Å². The molecule has 0 bridgehead atoms. The van der Waals surface area contributed by atoms with E-state index in [4.69, 9.17) is 23.7 Å². The number of carbonyl (C=O) groups excluding carboxylic acids is 3. The number of aliphatic hydroxyl groups excluding tert-OH is 4. The summed E-state index contributed by atoms with van der Waals surface area (Å²) in [7, 11) is 0. The Balaban J connectivity index is 1.35. The number of carbonyl (C=O) groups is 3. The third-order valence-corrected chi connectivity index (χ3v) is 17.3. The molecule has 0 aromatic carbocycles. The van der Waals surface area contributed by atoms with Crippen molar-refractivity contribution in [3.05, 3.63) is 34.9 Å². The van der Waals surface area contributed by atoms with Crippen LogP contribution in [-0.4, -0.2) is 101 Å². The molecule has 5 fully saturated rings. The predicted molar refractivity (Wildman–Crippen MR) is 219 cm³/mol. The Kier molecular flexibility index (Phi) is 12.4. The summed E-state index contributed by atoms with van der Waals surface area (Å²) in [5, 5.41) is 48.6. The highest BCUT2D eigenvalue weighted by Gasteiger charge is 2.73. The molecule has 12 nitrogen and oxygen atoms in total. The molecule has 5 aliphatic carbocycles. The molecular formula is C47H72O12. The Bertz CT molecular complexity index is 1750. The van der Waals surface area contributed by atoms with Crippen LogP contribution < -0.4 is 0 Å². The van der Waals surface area contributed by atoms with E-state index >= 15 is 0 Å². The van der Waals surface area contributed by atoms with Crippen molar-refractivity contribution >= 4 is 17.9 Å². The summed E-state index contributed by atoms with van der Waals surface area (Å²) in [5.74, 6) is -1.62. The van der Waals surface area contributed by atoms with Gasteiger partial charge in [0.25, 0.3) is 0 Å². The topological polar surface area (TPSA) is 178 Å². The molecule has 0 spiro atoms. The minimum atomic E-state index is -1.63. The molecule has 0 aromatic heterocycles. The predicted octanol–water partition coefficient (Wildman–Crippen LogP) is 6.12. The van der Waals surface area contributed by atoms with Gasteiger partial charge in [0.2, 0.25) is 0 Å². The zero-order valence-corrected chi connectivity index (χ0v) is 37.5. The van der Waals surface area contributed by atoms with E-state index in [9.17, 15) is 34.8 Å². The van der Waals surface area contributed by atoms with E-state index in [2.05, 4.69) is 40.7 Å². The van der Waals surface area contributed by atoms with E-state index in [1.807, 2.05) is 13.8 Å². The summed E-state index contributed by atoms with van der Waals surface area (Å²) in [6, 6.07) is 0. The van der Waals surface area contributed by atoms with Crippen molar-refractivity contribution in [3.63, 3.8) is 0 Å². The summed E-state index contributed by atoms with van der Waals surface area (Å²) in [5.41, 5.74) is -1.21. The van der Waals surface area contributed by atoms with Crippen molar-refractivity contribution in [2.45, 2.75) is 177 Å². The van der Waals surface area contributed by atoms with Crippen molar-refractivity contribution in [2.24, 2.45) is 50.2 Å². The molecular weight excluding hydrogens is 757 g/mol. The lowest BCUT2D eigenvalue weighted by Gasteiger charge is -2.72. The molecule has 0 unspecified atom stereocenters. The minimum Gasteiger partial charge on any atom is -0.465 e. The Morgan fingerprint density at radius 2 is 1.46 bits per heavy atom. The van der Waals surface area contributed by atoms with Crippen molar-refractivity contribution in [1.82, 2.24) is 0 Å². The van der Waals surface area contributed by atoms with Gasteiger partial charge in [-0.1, -0.05) is 72.3 Å². The highest BCUT2D eigenvalue weighted by molar-refractivity contribution is 5.88.